The second-order valence-electron chi connectivity index (χ2n) is 10.4. The minimum absolute atomic E-state index is 0.000472. The fourth-order valence-electron chi connectivity index (χ4n) is 5.15. The first-order chi connectivity index (χ1) is 21.9. The van der Waals surface area contributed by atoms with Gasteiger partial charge >= 0.3 is 5.38 Å². The van der Waals surface area contributed by atoms with Crippen LogP contribution in [0.2, 0.25) is 0 Å². The van der Waals surface area contributed by atoms with Crippen LogP contribution in [0.15, 0.2) is 47.8 Å². The number of imide groups is 2. The molecular formula is C29H22ClF2N7O6S. The molecule has 13 nitrogen and oxygen atoms in total. The number of carbonyl (C=O) groups excluding carboxylic acids is 6. The summed E-state index contributed by atoms with van der Waals surface area (Å²) in [5.74, 6) is -3.70. The van der Waals surface area contributed by atoms with Crippen LogP contribution in [-0.2, 0) is 19.8 Å². The summed E-state index contributed by atoms with van der Waals surface area (Å²) < 4.78 is 29.2. The maximum absolute atomic E-state index is 14.2. The van der Waals surface area contributed by atoms with Crippen molar-refractivity contribution in [3.63, 3.8) is 0 Å². The Kier molecular flexibility index (Phi) is 8.08. The van der Waals surface area contributed by atoms with Gasteiger partial charge < -0.3 is 10.6 Å². The Balaban J connectivity index is 1.05. The predicted octanol–water partition coefficient (Wildman–Crippen LogP) is 3.30. The predicted molar refractivity (Wildman–Crippen MR) is 159 cm³/mol. The van der Waals surface area contributed by atoms with Crippen LogP contribution in [0.25, 0.3) is 16.2 Å². The quantitative estimate of drug-likeness (QED) is 0.138. The number of fused-ring (bicyclic) bond motifs is 2. The van der Waals surface area contributed by atoms with Crippen molar-refractivity contribution in [3.05, 3.63) is 70.4 Å². The molecule has 0 aliphatic carbocycles. The molecular weight excluding hydrogens is 648 g/mol. The second-order valence-corrected chi connectivity index (χ2v) is 11.8. The molecule has 1 atom stereocenters. The van der Waals surface area contributed by atoms with E-state index in [0.717, 1.165) is 15.5 Å². The number of hydrogen-bond donors (Lipinski definition) is 3. The number of aromatic nitrogens is 3. The molecule has 2 aliphatic rings. The summed E-state index contributed by atoms with van der Waals surface area (Å²) in [6.45, 7) is 0.0462. The first-order valence-corrected chi connectivity index (χ1v) is 15.1. The average Bonchev–Trinajstić information content (AvgIpc) is 3.74. The molecule has 1 saturated heterocycles. The Labute approximate surface area is 266 Å². The van der Waals surface area contributed by atoms with Crippen LogP contribution in [0.4, 0.5) is 14.5 Å². The van der Waals surface area contributed by atoms with Gasteiger partial charge in [0.05, 0.1) is 21.7 Å². The van der Waals surface area contributed by atoms with Crippen LogP contribution in [-0.4, -0.2) is 67.5 Å². The van der Waals surface area contributed by atoms with Crippen LogP contribution < -0.4 is 16.0 Å². The molecule has 1 unspecified atom stereocenters. The van der Waals surface area contributed by atoms with Gasteiger partial charge in [-0.05, 0) is 60.2 Å². The lowest BCUT2D eigenvalue weighted by Crippen LogP contribution is -2.54. The van der Waals surface area contributed by atoms with Crippen LogP contribution >= 0.6 is 22.9 Å². The molecule has 2 aliphatic heterocycles. The molecule has 3 aromatic heterocycles. The van der Waals surface area contributed by atoms with Gasteiger partial charge in [-0.15, -0.1) is 11.3 Å². The van der Waals surface area contributed by atoms with Gasteiger partial charge in [0.2, 0.25) is 17.7 Å². The van der Waals surface area contributed by atoms with Gasteiger partial charge in [0.1, 0.15) is 11.7 Å². The molecule has 1 fully saturated rings. The van der Waals surface area contributed by atoms with Gasteiger partial charge in [0, 0.05) is 31.1 Å². The second kappa shape index (κ2) is 12.0. The zero-order valence-electron chi connectivity index (χ0n) is 23.5. The summed E-state index contributed by atoms with van der Waals surface area (Å²) in [4.78, 5) is 80.6. The number of halogens is 3. The average molecular weight is 670 g/mol. The highest BCUT2D eigenvalue weighted by Gasteiger charge is 2.44. The molecule has 0 saturated carbocycles. The van der Waals surface area contributed by atoms with Crippen molar-refractivity contribution in [1.29, 1.82) is 0 Å². The zero-order chi connectivity index (χ0) is 32.7. The normalized spacial score (nSPS) is 16.5. The van der Waals surface area contributed by atoms with E-state index in [2.05, 4.69) is 26.0 Å². The molecule has 46 heavy (non-hydrogen) atoms. The molecule has 17 heteroatoms. The lowest BCUT2D eigenvalue weighted by atomic mass is 10.0. The molecule has 6 rings (SSSR count). The minimum atomic E-state index is -3.78. The third-order valence-corrected chi connectivity index (χ3v) is 8.40. The number of amides is 6. The van der Waals surface area contributed by atoms with Crippen molar-refractivity contribution in [2.24, 2.45) is 0 Å². The zero-order valence-corrected chi connectivity index (χ0v) is 25.1. The van der Waals surface area contributed by atoms with E-state index in [9.17, 15) is 37.5 Å². The number of anilines is 1. The number of hydrogen-bond acceptors (Lipinski definition) is 9. The number of piperidine rings is 1. The summed E-state index contributed by atoms with van der Waals surface area (Å²) in [5, 5.41) is 9.28. The van der Waals surface area contributed by atoms with Crippen LogP contribution in [0.3, 0.4) is 0 Å². The number of rotatable bonds is 9. The molecule has 0 bridgehead atoms. The first-order valence-electron chi connectivity index (χ1n) is 13.9. The number of benzene rings is 1. The molecule has 236 valence electrons. The van der Waals surface area contributed by atoms with E-state index >= 15 is 0 Å². The summed E-state index contributed by atoms with van der Waals surface area (Å²) in [6, 6.07) is 8.86. The van der Waals surface area contributed by atoms with Crippen molar-refractivity contribution < 1.29 is 37.5 Å². The highest BCUT2D eigenvalue weighted by Crippen LogP contribution is 2.35. The van der Waals surface area contributed by atoms with Gasteiger partial charge in [-0.25, -0.2) is 9.50 Å². The minimum Gasteiger partial charge on any atom is -0.351 e. The summed E-state index contributed by atoms with van der Waals surface area (Å²) >= 11 is 6.62. The van der Waals surface area contributed by atoms with Crippen molar-refractivity contribution in [2.45, 2.75) is 37.1 Å². The monoisotopic (exact) mass is 669 g/mol. The highest BCUT2D eigenvalue weighted by atomic mass is 35.5. The molecule has 1 aromatic carbocycles. The number of alkyl halides is 3. The van der Waals surface area contributed by atoms with E-state index in [1.807, 2.05) is 0 Å². The fourth-order valence-corrected chi connectivity index (χ4v) is 5.97. The van der Waals surface area contributed by atoms with Gasteiger partial charge in [-0.3, -0.25) is 39.0 Å². The standard InChI is InChI=1S/C29H22ClF2N7O6S/c30-29(31,32)21-12-17(20-3-2-10-46-20)35-22-13-18(37-39(21)22)25(42)33-9-1-4-23(40)34-14-5-6-15-16(11-14)28(45)38(27(15)44)19-7-8-24(41)36-26(19)43/h2-3,5-6,10-13,19H,1,4,7-9H2,(H,33,42)(H,34,40)(H,36,41,43). The molecule has 0 radical (unpaired) electrons. The molecule has 0 spiro atoms. The van der Waals surface area contributed by atoms with Gasteiger partial charge in [0.25, 0.3) is 17.7 Å². The van der Waals surface area contributed by atoms with Crippen LogP contribution in [0, 0.1) is 0 Å². The summed E-state index contributed by atoms with van der Waals surface area (Å²) in [7, 11) is 0. The maximum atomic E-state index is 14.2. The van der Waals surface area contributed by atoms with Gasteiger partial charge in [-0.2, -0.15) is 13.9 Å². The lowest BCUT2D eigenvalue weighted by Gasteiger charge is -2.27. The third-order valence-electron chi connectivity index (χ3n) is 7.31. The van der Waals surface area contributed by atoms with Crippen molar-refractivity contribution in [2.75, 3.05) is 11.9 Å². The maximum Gasteiger partial charge on any atom is 0.364 e. The molecule has 6 amide bonds. The summed E-state index contributed by atoms with van der Waals surface area (Å²) in [6.07, 6.45) is 0.173. The summed E-state index contributed by atoms with van der Waals surface area (Å²) in [5.41, 5.74) is -0.250. The smallest absolute Gasteiger partial charge is 0.351 e. The Bertz CT molecular complexity index is 1940. The van der Waals surface area contributed by atoms with E-state index in [1.165, 1.54) is 35.6 Å². The van der Waals surface area contributed by atoms with E-state index in [-0.39, 0.29) is 66.1 Å². The topological polar surface area (TPSA) is 172 Å². The van der Waals surface area contributed by atoms with E-state index in [1.54, 1.807) is 17.5 Å². The molecule has 4 aromatic rings. The molecule has 5 heterocycles. The Hall–Kier alpha value is -5.09. The lowest BCUT2D eigenvalue weighted by molar-refractivity contribution is -0.136. The first kappa shape index (κ1) is 30.9. The number of carbonyl (C=O) groups is 6. The van der Waals surface area contributed by atoms with Gasteiger partial charge in [0.15, 0.2) is 11.3 Å². The number of thiophene rings is 1. The Morgan fingerprint density at radius 1 is 1.09 bits per heavy atom. The van der Waals surface area contributed by atoms with E-state index in [4.69, 9.17) is 11.6 Å². The van der Waals surface area contributed by atoms with Crippen LogP contribution in [0.5, 0.6) is 0 Å². The van der Waals surface area contributed by atoms with E-state index < -0.39 is 52.6 Å². The van der Waals surface area contributed by atoms with E-state index in [0.29, 0.717) is 4.88 Å². The Morgan fingerprint density at radius 3 is 2.59 bits per heavy atom. The number of nitrogens with zero attached hydrogens (tertiary/aromatic N) is 4. The number of nitrogens with one attached hydrogen (secondary N) is 3. The Morgan fingerprint density at radius 2 is 1.87 bits per heavy atom. The fraction of sp³-hybridized carbons (Fsp3) is 0.241. The van der Waals surface area contributed by atoms with Crippen molar-refractivity contribution in [1.82, 2.24) is 30.1 Å². The largest absolute Gasteiger partial charge is 0.364 e. The van der Waals surface area contributed by atoms with Gasteiger partial charge in [-0.1, -0.05) is 6.07 Å². The third kappa shape index (κ3) is 5.95. The van der Waals surface area contributed by atoms with Crippen molar-refractivity contribution >= 4 is 69.7 Å². The SMILES string of the molecule is O=C1CCC(N2C(=O)c3ccc(NC(=O)CCCNC(=O)c4cc5nc(-c6cccs6)cc(C(F)(F)Cl)n5n4)cc3C2=O)C(=O)N1. The van der Waals surface area contributed by atoms with Crippen molar-refractivity contribution in [3.8, 4) is 10.6 Å². The van der Waals surface area contributed by atoms with Crippen LogP contribution in [0.1, 0.15) is 62.6 Å². The highest BCUT2D eigenvalue weighted by molar-refractivity contribution is 7.13. The molecule has 3 N–H and O–H groups in total.